The number of nitrogens with zero attached hydrogens (tertiary/aromatic N) is 2. The van der Waals surface area contributed by atoms with E-state index in [-0.39, 0.29) is 5.89 Å². The first kappa shape index (κ1) is 12.3. The van der Waals surface area contributed by atoms with Gasteiger partial charge in [-0.05, 0) is 25.8 Å². The van der Waals surface area contributed by atoms with Crippen LogP contribution in [0.15, 0.2) is 4.52 Å². The van der Waals surface area contributed by atoms with Crippen molar-refractivity contribution in [3.8, 4) is 0 Å². The molecule has 7 heteroatoms. The van der Waals surface area contributed by atoms with E-state index >= 15 is 0 Å². The second-order valence-electron chi connectivity index (χ2n) is 4.19. The van der Waals surface area contributed by atoms with Crippen LogP contribution in [0.2, 0.25) is 0 Å². The highest BCUT2D eigenvalue weighted by Crippen LogP contribution is 2.26. The Hall–Kier alpha value is -1.11. The van der Waals surface area contributed by atoms with Gasteiger partial charge in [-0.2, -0.15) is 18.2 Å². The van der Waals surface area contributed by atoms with E-state index in [1.165, 1.54) is 0 Å². The number of piperidine rings is 1. The second-order valence-corrected chi connectivity index (χ2v) is 4.19. The molecule has 1 aliphatic rings. The van der Waals surface area contributed by atoms with Crippen LogP contribution in [0.1, 0.15) is 37.4 Å². The fourth-order valence-electron chi connectivity index (χ4n) is 1.94. The average Bonchev–Trinajstić information content (AvgIpc) is 2.76. The van der Waals surface area contributed by atoms with Gasteiger partial charge in [-0.15, -0.1) is 0 Å². The number of alkyl halides is 3. The van der Waals surface area contributed by atoms with E-state index in [0.717, 1.165) is 32.2 Å². The third-order valence-corrected chi connectivity index (χ3v) is 2.84. The van der Waals surface area contributed by atoms with Gasteiger partial charge < -0.3 is 9.84 Å². The molecule has 1 aromatic rings. The fraction of sp³-hybridized carbons (Fsp3) is 0.800. The van der Waals surface area contributed by atoms with Gasteiger partial charge in [0.2, 0.25) is 5.89 Å². The fourth-order valence-corrected chi connectivity index (χ4v) is 1.94. The molecular weight excluding hydrogens is 235 g/mol. The zero-order valence-electron chi connectivity index (χ0n) is 9.26. The molecule has 1 aliphatic heterocycles. The van der Waals surface area contributed by atoms with Crippen molar-refractivity contribution in [1.82, 2.24) is 15.5 Å². The van der Waals surface area contributed by atoms with Gasteiger partial charge >= 0.3 is 6.18 Å². The molecule has 1 fully saturated rings. The summed E-state index contributed by atoms with van der Waals surface area (Å²) in [5.74, 6) is -1.13. The zero-order valence-corrected chi connectivity index (χ0v) is 9.26. The lowest BCUT2D eigenvalue weighted by atomic mass is 10.0. The summed E-state index contributed by atoms with van der Waals surface area (Å²) in [6, 6.07) is 0.352. The van der Waals surface area contributed by atoms with E-state index in [0.29, 0.717) is 12.5 Å². The van der Waals surface area contributed by atoms with Crippen LogP contribution >= 0.6 is 0 Å². The summed E-state index contributed by atoms with van der Waals surface area (Å²) in [5, 5.41) is 6.23. The molecule has 0 saturated carbocycles. The van der Waals surface area contributed by atoms with E-state index in [4.69, 9.17) is 0 Å². The Bertz CT molecular complexity index is 358. The molecule has 1 saturated heterocycles. The zero-order chi connectivity index (χ0) is 12.3. The number of hydrogen-bond donors (Lipinski definition) is 1. The van der Waals surface area contributed by atoms with Crippen LogP contribution < -0.4 is 5.32 Å². The van der Waals surface area contributed by atoms with Crippen LogP contribution in [0, 0.1) is 0 Å². The molecule has 0 aromatic carbocycles. The lowest BCUT2D eigenvalue weighted by Crippen LogP contribution is -2.34. The molecule has 17 heavy (non-hydrogen) atoms. The molecule has 96 valence electrons. The monoisotopic (exact) mass is 249 g/mol. The van der Waals surface area contributed by atoms with Crippen LogP contribution in [0.25, 0.3) is 0 Å². The van der Waals surface area contributed by atoms with Crippen molar-refractivity contribution in [2.24, 2.45) is 0 Å². The standard InChI is InChI=1S/C10H14F3N3O/c11-10(12,13)9-15-8(17-16-9)5-4-7-3-1-2-6-14-7/h7,14H,1-6H2. The Morgan fingerprint density at radius 1 is 1.35 bits per heavy atom. The van der Waals surface area contributed by atoms with Gasteiger partial charge in [0.05, 0.1) is 0 Å². The summed E-state index contributed by atoms with van der Waals surface area (Å²) in [6.07, 6.45) is -0.0179. The maximum absolute atomic E-state index is 12.2. The van der Waals surface area contributed by atoms with Gasteiger partial charge in [0.15, 0.2) is 0 Å². The molecule has 1 unspecified atom stereocenters. The van der Waals surface area contributed by atoms with Crippen molar-refractivity contribution < 1.29 is 17.7 Å². The predicted octanol–water partition coefficient (Wildman–Crippen LogP) is 2.16. The third-order valence-electron chi connectivity index (χ3n) is 2.84. The molecule has 0 amide bonds. The van der Waals surface area contributed by atoms with Gasteiger partial charge in [-0.25, -0.2) is 0 Å². The Labute approximate surface area is 96.6 Å². The molecule has 4 nitrogen and oxygen atoms in total. The SMILES string of the molecule is FC(F)(F)c1noc(CCC2CCCCN2)n1. The molecule has 0 bridgehead atoms. The molecule has 1 atom stereocenters. The first-order chi connectivity index (χ1) is 8.05. The van der Waals surface area contributed by atoms with Gasteiger partial charge in [-0.1, -0.05) is 11.6 Å². The Morgan fingerprint density at radius 3 is 2.76 bits per heavy atom. The quantitative estimate of drug-likeness (QED) is 0.891. The number of hydrogen-bond acceptors (Lipinski definition) is 4. The van der Waals surface area contributed by atoms with E-state index in [9.17, 15) is 13.2 Å². The Kier molecular flexibility index (Phi) is 3.66. The van der Waals surface area contributed by atoms with Crippen LogP contribution in [0.4, 0.5) is 13.2 Å². The van der Waals surface area contributed by atoms with E-state index in [2.05, 4.69) is 20.0 Å². The summed E-state index contributed by atoms with van der Waals surface area (Å²) in [4.78, 5) is 3.34. The van der Waals surface area contributed by atoms with Crippen LogP contribution in [0.3, 0.4) is 0 Å². The highest BCUT2D eigenvalue weighted by atomic mass is 19.4. The van der Waals surface area contributed by atoms with Crippen molar-refractivity contribution in [3.05, 3.63) is 11.7 Å². The number of aromatic nitrogens is 2. The largest absolute Gasteiger partial charge is 0.455 e. The average molecular weight is 249 g/mol. The lowest BCUT2D eigenvalue weighted by Gasteiger charge is -2.22. The number of nitrogens with one attached hydrogen (secondary N) is 1. The van der Waals surface area contributed by atoms with Crippen molar-refractivity contribution in [2.75, 3.05) is 6.54 Å². The summed E-state index contributed by atoms with van der Waals surface area (Å²) >= 11 is 0. The summed E-state index contributed by atoms with van der Waals surface area (Å²) < 4.78 is 41.2. The number of rotatable bonds is 3. The summed E-state index contributed by atoms with van der Waals surface area (Å²) in [6.45, 7) is 0.975. The molecule has 2 heterocycles. The molecule has 2 rings (SSSR count). The minimum Gasteiger partial charge on any atom is -0.339 e. The van der Waals surface area contributed by atoms with Gasteiger partial charge in [0, 0.05) is 12.5 Å². The van der Waals surface area contributed by atoms with E-state index in [1.807, 2.05) is 0 Å². The first-order valence-electron chi connectivity index (χ1n) is 5.69. The van der Waals surface area contributed by atoms with Crippen molar-refractivity contribution in [2.45, 2.75) is 44.3 Å². The topological polar surface area (TPSA) is 51.0 Å². The maximum Gasteiger partial charge on any atom is 0.455 e. The highest BCUT2D eigenvalue weighted by molar-refractivity contribution is 4.91. The normalized spacial score (nSPS) is 21.7. The third kappa shape index (κ3) is 3.42. The number of halogens is 3. The smallest absolute Gasteiger partial charge is 0.339 e. The molecule has 1 aromatic heterocycles. The summed E-state index contributed by atoms with van der Waals surface area (Å²) in [5.41, 5.74) is 0. The molecule has 0 aliphatic carbocycles. The van der Waals surface area contributed by atoms with Crippen LogP contribution in [0.5, 0.6) is 0 Å². The van der Waals surface area contributed by atoms with Crippen molar-refractivity contribution >= 4 is 0 Å². The van der Waals surface area contributed by atoms with Gasteiger partial charge in [0.1, 0.15) is 0 Å². The van der Waals surface area contributed by atoms with Crippen molar-refractivity contribution in [1.29, 1.82) is 0 Å². The minimum atomic E-state index is -4.52. The first-order valence-corrected chi connectivity index (χ1v) is 5.69. The van der Waals surface area contributed by atoms with E-state index in [1.54, 1.807) is 0 Å². The van der Waals surface area contributed by atoms with Gasteiger partial charge in [-0.3, -0.25) is 0 Å². The van der Waals surface area contributed by atoms with E-state index < -0.39 is 12.0 Å². The van der Waals surface area contributed by atoms with Crippen molar-refractivity contribution in [3.63, 3.8) is 0 Å². The predicted molar refractivity (Wildman–Crippen MR) is 53.3 cm³/mol. The molecule has 0 spiro atoms. The van der Waals surface area contributed by atoms with Crippen LogP contribution in [-0.2, 0) is 12.6 Å². The molecule has 0 radical (unpaired) electrons. The second kappa shape index (κ2) is 5.03. The Morgan fingerprint density at radius 2 is 2.18 bits per heavy atom. The Balaban J connectivity index is 1.84. The molecular formula is C10H14F3N3O. The summed E-state index contributed by atoms with van der Waals surface area (Å²) in [7, 11) is 0. The minimum absolute atomic E-state index is 0.0599. The highest BCUT2D eigenvalue weighted by Gasteiger charge is 2.37. The maximum atomic E-state index is 12.2. The van der Waals surface area contributed by atoms with Crippen LogP contribution in [-0.4, -0.2) is 22.7 Å². The lowest BCUT2D eigenvalue weighted by molar-refractivity contribution is -0.146. The van der Waals surface area contributed by atoms with Gasteiger partial charge in [0.25, 0.3) is 5.82 Å². The number of aryl methyl sites for hydroxylation is 1. The molecule has 1 N–H and O–H groups in total.